The van der Waals surface area contributed by atoms with Crippen LogP contribution in [0.25, 0.3) is 0 Å². The third kappa shape index (κ3) is 1.90. The van der Waals surface area contributed by atoms with Crippen molar-refractivity contribution >= 4 is 11.6 Å². The third-order valence-electron chi connectivity index (χ3n) is 5.76. The summed E-state index contributed by atoms with van der Waals surface area (Å²) in [6.45, 7) is 0. The molecule has 1 aromatic heterocycles. The van der Waals surface area contributed by atoms with Crippen LogP contribution in [-0.4, -0.2) is 4.98 Å². The van der Waals surface area contributed by atoms with Gasteiger partial charge in [0.05, 0.1) is 0 Å². The van der Waals surface area contributed by atoms with Gasteiger partial charge in [-0.3, -0.25) is 0 Å². The summed E-state index contributed by atoms with van der Waals surface area (Å²) >= 11 is 0. The summed E-state index contributed by atoms with van der Waals surface area (Å²) in [7, 11) is 0. The number of aromatic nitrogens is 1. The van der Waals surface area contributed by atoms with E-state index in [9.17, 15) is 0 Å². The Bertz CT molecular complexity index is 473. The molecule has 4 aliphatic rings. The van der Waals surface area contributed by atoms with Crippen LogP contribution in [0, 0.1) is 23.2 Å². The molecule has 4 saturated carbocycles. The van der Waals surface area contributed by atoms with Crippen LogP contribution in [0.1, 0.15) is 44.1 Å². The molecule has 4 fully saturated rings. The number of nitrogen functional groups attached to an aromatic ring is 2. The summed E-state index contributed by atoms with van der Waals surface area (Å²) in [4.78, 5) is 4.23. The maximum Gasteiger partial charge on any atom is 0.129 e. The first-order chi connectivity index (χ1) is 9.12. The van der Waals surface area contributed by atoms with Crippen LogP contribution in [0.2, 0.25) is 0 Å². The van der Waals surface area contributed by atoms with E-state index in [0.29, 0.717) is 17.1 Å². The molecule has 3 heteroatoms. The molecule has 19 heavy (non-hydrogen) atoms. The van der Waals surface area contributed by atoms with E-state index in [0.717, 1.165) is 24.2 Å². The Balaban J connectivity index is 1.62. The predicted octanol–water partition coefficient (Wildman–Crippen LogP) is 3.00. The van der Waals surface area contributed by atoms with Gasteiger partial charge in [0.2, 0.25) is 0 Å². The summed E-state index contributed by atoms with van der Waals surface area (Å²) in [6, 6.07) is 3.99. The van der Waals surface area contributed by atoms with Gasteiger partial charge in [0.15, 0.2) is 0 Å². The zero-order valence-corrected chi connectivity index (χ0v) is 11.4. The second kappa shape index (κ2) is 3.87. The highest BCUT2D eigenvalue weighted by atomic mass is 14.9. The lowest BCUT2D eigenvalue weighted by Gasteiger charge is -2.57. The average molecular weight is 257 g/mol. The second-order valence-electron chi connectivity index (χ2n) is 7.37. The Morgan fingerprint density at radius 1 is 1.00 bits per heavy atom. The Hall–Kier alpha value is -1.25. The summed E-state index contributed by atoms with van der Waals surface area (Å²) in [6.07, 6.45) is 9.86. The molecule has 0 aromatic carbocycles. The van der Waals surface area contributed by atoms with Crippen LogP contribution in [0.3, 0.4) is 0 Å². The van der Waals surface area contributed by atoms with Crippen molar-refractivity contribution in [2.45, 2.75) is 44.9 Å². The summed E-state index contributed by atoms with van der Waals surface area (Å²) < 4.78 is 0. The fourth-order valence-corrected chi connectivity index (χ4v) is 5.58. The number of hydrogen-bond acceptors (Lipinski definition) is 3. The molecule has 0 saturated heterocycles. The van der Waals surface area contributed by atoms with E-state index in [1.165, 1.54) is 44.1 Å². The lowest BCUT2D eigenvalue weighted by molar-refractivity contribution is -0.0521. The van der Waals surface area contributed by atoms with Crippen LogP contribution in [-0.2, 0) is 6.42 Å². The normalized spacial score (nSPS) is 39.7. The molecular weight excluding hydrogens is 234 g/mol. The summed E-state index contributed by atoms with van der Waals surface area (Å²) in [5, 5.41) is 0. The highest BCUT2D eigenvalue weighted by Crippen LogP contribution is 2.61. The van der Waals surface area contributed by atoms with E-state index in [-0.39, 0.29) is 0 Å². The standard InChI is InChI=1S/C16H23N3/c17-14-2-1-13(15(18)19-14)9-16-6-10-3-11(7-16)5-12(4-10)8-16/h1-2,10-12H,3-9H2,(H4,17,18,19). The maximum absolute atomic E-state index is 6.06. The van der Waals surface area contributed by atoms with Gasteiger partial charge in [-0.2, -0.15) is 0 Å². The second-order valence-corrected chi connectivity index (χ2v) is 7.37. The molecule has 4 N–H and O–H groups in total. The van der Waals surface area contributed by atoms with Crippen LogP contribution in [0.15, 0.2) is 12.1 Å². The Morgan fingerprint density at radius 3 is 2.11 bits per heavy atom. The van der Waals surface area contributed by atoms with Gasteiger partial charge in [0, 0.05) is 0 Å². The van der Waals surface area contributed by atoms with Crippen molar-refractivity contribution in [3.8, 4) is 0 Å². The molecule has 0 unspecified atom stereocenters. The molecule has 0 atom stereocenters. The van der Waals surface area contributed by atoms with E-state index in [4.69, 9.17) is 11.5 Å². The molecule has 0 spiro atoms. The number of pyridine rings is 1. The lowest BCUT2D eigenvalue weighted by atomic mass is 9.48. The number of anilines is 2. The predicted molar refractivity (Wildman–Crippen MR) is 77.4 cm³/mol. The van der Waals surface area contributed by atoms with Gasteiger partial charge in [-0.1, -0.05) is 6.07 Å². The zero-order valence-electron chi connectivity index (χ0n) is 11.4. The largest absolute Gasteiger partial charge is 0.384 e. The minimum atomic E-state index is 0.528. The number of nitrogens with zero attached hydrogens (tertiary/aromatic N) is 1. The molecule has 5 rings (SSSR count). The van der Waals surface area contributed by atoms with Gasteiger partial charge >= 0.3 is 0 Å². The van der Waals surface area contributed by atoms with Gasteiger partial charge in [0.25, 0.3) is 0 Å². The first-order valence-corrected chi connectivity index (χ1v) is 7.63. The van der Waals surface area contributed by atoms with E-state index < -0.39 is 0 Å². The number of nitrogens with two attached hydrogens (primary N) is 2. The average Bonchev–Trinajstić information content (AvgIpc) is 2.31. The van der Waals surface area contributed by atoms with E-state index in [1.807, 2.05) is 6.07 Å². The van der Waals surface area contributed by atoms with Crippen molar-refractivity contribution in [3.63, 3.8) is 0 Å². The topological polar surface area (TPSA) is 64.9 Å². The highest BCUT2D eigenvalue weighted by molar-refractivity contribution is 5.46. The zero-order chi connectivity index (χ0) is 13.0. The van der Waals surface area contributed by atoms with Crippen LogP contribution < -0.4 is 11.5 Å². The van der Waals surface area contributed by atoms with Gasteiger partial charge in [-0.15, -0.1) is 0 Å². The molecule has 0 aliphatic heterocycles. The molecule has 4 aliphatic carbocycles. The van der Waals surface area contributed by atoms with Gasteiger partial charge < -0.3 is 11.5 Å². The molecule has 0 radical (unpaired) electrons. The third-order valence-corrected chi connectivity index (χ3v) is 5.76. The van der Waals surface area contributed by atoms with Crippen molar-refractivity contribution < 1.29 is 0 Å². The molecule has 102 valence electrons. The Labute approximate surface area is 114 Å². The van der Waals surface area contributed by atoms with Crippen molar-refractivity contribution in [2.24, 2.45) is 23.2 Å². The highest BCUT2D eigenvalue weighted by Gasteiger charge is 2.50. The van der Waals surface area contributed by atoms with Crippen LogP contribution >= 0.6 is 0 Å². The van der Waals surface area contributed by atoms with Crippen molar-refractivity contribution in [3.05, 3.63) is 17.7 Å². The first-order valence-electron chi connectivity index (χ1n) is 7.63. The monoisotopic (exact) mass is 257 g/mol. The summed E-state index contributed by atoms with van der Waals surface area (Å²) in [5.74, 6) is 4.17. The van der Waals surface area contributed by atoms with E-state index >= 15 is 0 Å². The van der Waals surface area contributed by atoms with Gasteiger partial charge in [-0.05, 0) is 79.7 Å². The van der Waals surface area contributed by atoms with Gasteiger partial charge in [-0.25, -0.2) is 4.98 Å². The molecule has 1 heterocycles. The first kappa shape index (κ1) is 11.6. The molecule has 1 aromatic rings. The Morgan fingerprint density at radius 2 is 1.58 bits per heavy atom. The molecule has 0 amide bonds. The smallest absolute Gasteiger partial charge is 0.129 e. The van der Waals surface area contributed by atoms with Crippen LogP contribution in [0.4, 0.5) is 11.6 Å². The van der Waals surface area contributed by atoms with E-state index in [1.54, 1.807) is 0 Å². The quantitative estimate of drug-likeness (QED) is 0.856. The molecule has 4 bridgehead atoms. The SMILES string of the molecule is Nc1ccc(CC23CC4CC(CC(C4)C2)C3)c(N)n1. The van der Waals surface area contributed by atoms with Crippen LogP contribution in [0.5, 0.6) is 0 Å². The van der Waals surface area contributed by atoms with Crippen molar-refractivity contribution in [1.82, 2.24) is 4.98 Å². The van der Waals surface area contributed by atoms with E-state index in [2.05, 4.69) is 11.1 Å². The molecular formula is C16H23N3. The number of rotatable bonds is 2. The van der Waals surface area contributed by atoms with Crippen molar-refractivity contribution in [2.75, 3.05) is 11.5 Å². The van der Waals surface area contributed by atoms with Gasteiger partial charge in [0.1, 0.15) is 11.6 Å². The fraction of sp³-hybridized carbons (Fsp3) is 0.688. The lowest BCUT2D eigenvalue weighted by Crippen LogP contribution is -2.47. The maximum atomic E-state index is 6.06. The molecule has 3 nitrogen and oxygen atoms in total. The number of hydrogen-bond donors (Lipinski definition) is 2. The summed E-state index contributed by atoms with van der Waals surface area (Å²) in [5.41, 5.74) is 13.5. The minimum absolute atomic E-state index is 0.528. The van der Waals surface area contributed by atoms with Crippen molar-refractivity contribution in [1.29, 1.82) is 0 Å². The Kier molecular flexibility index (Phi) is 2.36. The fourth-order valence-electron chi connectivity index (χ4n) is 5.58. The minimum Gasteiger partial charge on any atom is -0.384 e.